The van der Waals surface area contributed by atoms with E-state index in [1.54, 1.807) is 0 Å². The topological polar surface area (TPSA) is 90.7 Å². The first-order valence-electron chi connectivity index (χ1n) is 17.1. The molecule has 0 bridgehead atoms. The van der Waals surface area contributed by atoms with Gasteiger partial charge in [0, 0.05) is 45.2 Å². The zero-order chi connectivity index (χ0) is 32.6. The van der Waals surface area contributed by atoms with Gasteiger partial charge in [-0.1, -0.05) is 78.9 Å². The molecule has 1 aliphatic carbocycles. The quantitative estimate of drug-likeness (QED) is 0.153. The van der Waals surface area contributed by atoms with E-state index < -0.39 is 0 Å². The van der Waals surface area contributed by atoms with E-state index in [1.165, 1.54) is 5.56 Å². The highest BCUT2D eigenvalue weighted by atomic mass is 16.2. The Morgan fingerprint density at radius 2 is 1.43 bits per heavy atom. The fraction of sp³-hybridized carbons (Fsp3) is 0.350. The van der Waals surface area contributed by atoms with Gasteiger partial charge in [-0.25, -0.2) is 4.79 Å². The van der Waals surface area contributed by atoms with E-state index in [9.17, 15) is 9.59 Å². The summed E-state index contributed by atoms with van der Waals surface area (Å²) in [5.74, 6) is 1.01. The minimum Gasteiger partial charge on any atom is -0.370 e. The molecular weight excluding hydrogens is 582 g/mol. The van der Waals surface area contributed by atoms with Crippen LogP contribution in [0.3, 0.4) is 0 Å². The zero-order valence-corrected chi connectivity index (χ0v) is 27.5. The molecule has 7 nitrogen and oxygen atoms in total. The first kappa shape index (κ1) is 32.3. The maximum Gasteiger partial charge on any atom is 0.319 e. The van der Waals surface area contributed by atoms with Gasteiger partial charge in [-0.15, -0.1) is 0 Å². The second-order valence-electron chi connectivity index (χ2n) is 13.0. The Morgan fingerprint density at radius 1 is 0.766 bits per heavy atom. The van der Waals surface area contributed by atoms with E-state index in [-0.39, 0.29) is 17.9 Å². The number of amides is 3. The number of piperidine rings is 1. The van der Waals surface area contributed by atoms with Crippen LogP contribution in [-0.2, 0) is 30.8 Å². The molecule has 4 N–H and O–H groups in total. The zero-order valence-electron chi connectivity index (χ0n) is 27.5. The molecule has 3 amide bonds. The summed E-state index contributed by atoms with van der Waals surface area (Å²) in [5, 5.41) is 6.02. The highest BCUT2D eigenvalue weighted by Gasteiger charge is 2.33. The molecule has 244 valence electrons. The Bertz CT molecular complexity index is 1660. The molecule has 2 aliphatic rings. The molecular formula is C40H47N5O2. The van der Waals surface area contributed by atoms with Crippen molar-refractivity contribution in [2.75, 3.05) is 29.9 Å². The van der Waals surface area contributed by atoms with Gasteiger partial charge in [0.25, 0.3) is 0 Å². The molecule has 0 spiro atoms. The Hall–Kier alpha value is -4.62. The van der Waals surface area contributed by atoms with E-state index >= 15 is 0 Å². The third-order valence-corrected chi connectivity index (χ3v) is 9.38. The molecule has 0 atom stereocenters. The monoisotopic (exact) mass is 629 g/mol. The van der Waals surface area contributed by atoms with Crippen LogP contribution in [0.2, 0.25) is 0 Å². The average molecular weight is 630 g/mol. The van der Waals surface area contributed by atoms with Gasteiger partial charge in [0.1, 0.15) is 0 Å². The Labute approximate surface area is 279 Å². The van der Waals surface area contributed by atoms with E-state index in [1.807, 2.05) is 24.0 Å². The van der Waals surface area contributed by atoms with Crippen LogP contribution in [0, 0.1) is 11.8 Å². The summed E-state index contributed by atoms with van der Waals surface area (Å²) >= 11 is 0. The van der Waals surface area contributed by atoms with E-state index in [4.69, 9.17) is 5.73 Å². The molecule has 1 saturated carbocycles. The third kappa shape index (κ3) is 8.60. The molecule has 0 unspecified atom stereocenters. The van der Waals surface area contributed by atoms with Crippen LogP contribution >= 0.6 is 0 Å². The van der Waals surface area contributed by atoms with Crippen molar-refractivity contribution in [3.8, 4) is 11.1 Å². The lowest BCUT2D eigenvalue weighted by Crippen LogP contribution is -2.35. The lowest BCUT2D eigenvalue weighted by Gasteiger charge is -2.35. The van der Waals surface area contributed by atoms with Crippen molar-refractivity contribution in [2.45, 2.75) is 58.7 Å². The maximum absolute atomic E-state index is 13.4. The number of rotatable bonds is 12. The van der Waals surface area contributed by atoms with Crippen LogP contribution in [-0.4, -0.2) is 36.5 Å². The van der Waals surface area contributed by atoms with Crippen molar-refractivity contribution in [3.63, 3.8) is 0 Å². The Morgan fingerprint density at radius 3 is 2.13 bits per heavy atom. The van der Waals surface area contributed by atoms with Crippen molar-refractivity contribution in [1.82, 2.24) is 10.2 Å². The van der Waals surface area contributed by atoms with Crippen LogP contribution in [0.4, 0.5) is 16.2 Å². The SMILES string of the molecule is CCNC(=O)Nc1cc(-c2cccc(CN(Cc3cccc(CN)c3)C(=O)C3CC3)c2)ccc1N1CCC(Cc2ccccc2)CC1. The summed E-state index contributed by atoms with van der Waals surface area (Å²) in [5.41, 5.74) is 14.5. The van der Waals surface area contributed by atoms with Crippen molar-refractivity contribution in [2.24, 2.45) is 17.6 Å². The molecule has 1 saturated heterocycles. The number of nitrogens with one attached hydrogen (secondary N) is 2. The standard InChI is InChI=1S/C40H47N5O2/c1-2-42-40(47)43-37-25-36(16-17-38(37)44-20-18-30(19-21-44)22-29-8-4-3-5-9-29)35-13-7-12-33(24-35)28-45(39(46)34-14-15-34)27-32-11-6-10-31(23-32)26-41/h3-13,16-17,23-25,30,34H,2,14-15,18-22,26-28,41H2,1H3,(H2,42,43,47). The second kappa shape index (κ2) is 15.3. The van der Waals surface area contributed by atoms with Crippen LogP contribution in [0.1, 0.15) is 54.9 Å². The van der Waals surface area contributed by atoms with Crippen LogP contribution in [0.25, 0.3) is 11.1 Å². The molecule has 1 aliphatic heterocycles. The van der Waals surface area contributed by atoms with E-state index in [0.717, 1.165) is 84.4 Å². The Kier molecular flexibility index (Phi) is 10.5. The van der Waals surface area contributed by atoms with Gasteiger partial charge >= 0.3 is 6.03 Å². The predicted octanol–water partition coefficient (Wildman–Crippen LogP) is 7.35. The van der Waals surface area contributed by atoms with Gasteiger partial charge in [-0.3, -0.25) is 4.79 Å². The van der Waals surface area contributed by atoms with Crippen LogP contribution in [0.5, 0.6) is 0 Å². The minimum absolute atomic E-state index is 0.134. The largest absolute Gasteiger partial charge is 0.370 e. The lowest BCUT2D eigenvalue weighted by molar-refractivity contribution is -0.133. The van der Waals surface area contributed by atoms with Crippen molar-refractivity contribution < 1.29 is 9.59 Å². The summed E-state index contributed by atoms with van der Waals surface area (Å²) in [6.45, 7) is 5.97. The van der Waals surface area contributed by atoms with Gasteiger partial charge < -0.3 is 26.2 Å². The Balaban J connectivity index is 1.20. The first-order chi connectivity index (χ1) is 23.0. The van der Waals surface area contributed by atoms with Crippen molar-refractivity contribution >= 4 is 23.3 Å². The molecule has 0 radical (unpaired) electrons. The van der Waals surface area contributed by atoms with Crippen molar-refractivity contribution in [1.29, 1.82) is 0 Å². The summed E-state index contributed by atoms with van der Waals surface area (Å²) in [4.78, 5) is 30.5. The number of carbonyl (C=O) groups is 2. The molecule has 47 heavy (non-hydrogen) atoms. The number of urea groups is 1. The molecule has 4 aromatic carbocycles. The van der Waals surface area contributed by atoms with Crippen LogP contribution in [0.15, 0.2) is 97.1 Å². The third-order valence-electron chi connectivity index (χ3n) is 9.38. The predicted molar refractivity (Wildman–Crippen MR) is 191 cm³/mol. The fourth-order valence-electron chi connectivity index (χ4n) is 6.69. The van der Waals surface area contributed by atoms with E-state index in [2.05, 4.69) is 100 Å². The number of carbonyl (C=O) groups excluding carboxylic acids is 2. The van der Waals surface area contributed by atoms with Gasteiger partial charge in [0.15, 0.2) is 0 Å². The second-order valence-corrected chi connectivity index (χ2v) is 13.0. The normalized spacial score (nSPS) is 14.9. The summed E-state index contributed by atoms with van der Waals surface area (Å²) < 4.78 is 0. The highest BCUT2D eigenvalue weighted by molar-refractivity contribution is 5.94. The fourth-order valence-corrected chi connectivity index (χ4v) is 6.69. The lowest BCUT2D eigenvalue weighted by atomic mass is 9.90. The smallest absolute Gasteiger partial charge is 0.319 e. The number of hydrogen-bond donors (Lipinski definition) is 3. The number of benzene rings is 4. The molecule has 4 aromatic rings. The molecule has 6 rings (SSSR count). The average Bonchev–Trinajstić information content (AvgIpc) is 3.95. The van der Waals surface area contributed by atoms with Crippen LogP contribution < -0.4 is 21.3 Å². The number of hydrogen-bond acceptors (Lipinski definition) is 4. The number of nitrogens with two attached hydrogens (primary N) is 1. The van der Waals surface area contributed by atoms with E-state index in [0.29, 0.717) is 32.1 Å². The van der Waals surface area contributed by atoms with Gasteiger partial charge in [0.2, 0.25) is 5.91 Å². The summed E-state index contributed by atoms with van der Waals surface area (Å²) in [7, 11) is 0. The summed E-state index contributed by atoms with van der Waals surface area (Å²) in [6, 6.07) is 33.6. The highest BCUT2D eigenvalue weighted by Crippen LogP contribution is 2.36. The summed E-state index contributed by atoms with van der Waals surface area (Å²) in [6.07, 6.45) is 5.28. The molecule has 0 aromatic heterocycles. The molecule has 2 fully saturated rings. The molecule has 7 heteroatoms. The van der Waals surface area contributed by atoms with Crippen molar-refractivity contribution in [3.05, 3.63) is 119 Å². The molecule has 1 heterocycles. The maximum atomic E-state index is 13.4. The minimum atomic E-state index is -0.202. The van der Waals surface area contributed by atoms with Gasteiger partial charge in [0.05, 0.1) is 11.4 Å². The number of nitrogens with zero attached hydrogens (tertiary/aromatic N) is 2. The number of anilines is 2. The van der Waals surface area contributed by atoms with Gasteiger partial charge in [-0.2, -0.15) is 0 Å². The van der Waals surface area contributed by atoms with Gasteiger partial charge in [-0.05, 0) is 96.5 Å². The first-order valence-corrected chi connectivity index (χ1v) is 17.1.